The number of rotatable bonds is 4. The molecule has 0 heterocycles. The van der Waals surface area contributed by atoms with Crippen LogP contribution in [0.4, 0.5) is 10.1 Å². The number of nitrogens with one attached hydrogen (secondary N) is 1. The van der Waals surface area contributed by atoms with E-state index in [-0.39, 0.29) is 5.91 Å². The van der Waals surface area contributed by atoms with E-state index in [0.29, 0.717) is 22.7 Å². The maximum atomic E-state index is 13.9. The Morgan fingerprint density at radius 3 is 2.52 bits per heavy atom. The van der Waals surface area contributed by atoms with Crippen LogP contribution in [0.15, 0.2) is 42.5 Å². The van der Waals surface area contributed by atoms with Crippen LogP contribution >= 0.6 is 0 Å². The summed E-state index contributed by atoms with van der Waals surface area (Å²) in [6, 6.07) is 11.0. The predicted molar refractivity (Wildman–Crippen MR) is 79.8 cm³/mol. The molecule has 0 saturated carbocycles. The Hall–Kier alpha value is -2.40. The maximum Gasteiger partial charge on any atom is 0.221 e. The third kappa shape index (κ3) is 3.58. The van der Waals surface area contributed by atoms with Crippen LogP contribution in [0.1, 0.15) is 25.5 Å². The van der Waals surface area contributed by atoms with Crippen molar-refractivity contribution < 1.29 is 13.9 Å². The standard InChI is InChI=1S/C16H17FN2O2/c1-10(18)16-12(17)6-5-9-15(16)21-14-8-4-3-7-13(14)19-11(2)20/h3-10H,18H2,1-2H3,(H,19,20). The molecular formula is C16H17FN2O2. The Balaban J connectivity index is 2.39. The van der Waals surface area contributed by atoms with E-state index in [1.54, 1.807) is 43.3 Å². The lowest BCUT2D eigenvalue weighted by Crippen LogP contribution is -2.10. The van der Waals surface area contributed by atoms with Crippen LogP contribution < -0.4 is 15.8 Å². The molecular weight excluding hydrogens is 271 g/mol. The summed E-state index contributed by atoms with van der Waals surface area (Å²) in [6.45, 7) is 3.09. The summed E-state index contributed by atoms with van der Waals surface area (Å²) in [5, 5.41) is 2.67. The molecule has 2 aromatic rings. The first-order valence-electron chi connectivity index (χ1n) is 6.57. The number of ether oxygens (including phenoxy) is 1. The third-order valence-electron chi connectivity index (χ3n) is 2.89. The molecule has 5 heteroatoms. The van der Waals surface area contributed by atoms with E-state index in [0.717, 1.165) is 0 Å². The number of carbonyl (C=O) groups excluding carboxylic acids is 1. The van der Waals surface area contributed by atoms with Crippen molar-refractivity contribution in [3.63, 3.8) is 0 Å². The maximum absolute atomic E-state index is 13.9. The molecule has 21 heavy (non-hydrogen) atoms. The fraction of sp³-hybridized carbons (Fsp3) is 0.188. The Labute approximate surface area is 122 Å². The molecule has 0 radical (unpaired) electrons. The molecule has 0 aliphatic heterocycles. The summed E-state index contributed by atoms with van der Waals surface area (Å²) in [5.74, 6) is 0.139. The highest BCUT2D eigenvalue weighted by Gasteiger charge is 2.15. The SMILES string of the molecule is CC(=O)Nc1ccccc1Oc1cccc(F)c1C(C)N. The van der Waals surface area contributed by atoms with Crippen molar-refractivity contribution in [1.82, 2.24) is 0 Å². The van der Waals surface area contributed by atoms with Gasteiger partial charge in [0.1, 0.15) is 11.6 Å². The molecule has 0 aliphatic rings. The van der Waals surface area contributed by atoms with Gasteiger partial charge in [0.2, 0.25) is 5.91 Å². The molecule has 1 atom stereocenters. The van der Waals surface area contributed by atoms with Crippen molar-refractivity contribution in [3.8, 4) is 11.5 Å². The Kier molecular flexibility index (Phi) is 4.55. The highest BCUT2D eigenvalue weighted by atomic mass is 19.1. The monoisotopic (exact) mass is 288 g/mol. The van der Waals surface area contributed by atoms with E-state index < -0.39 is 11.9 Å². The van der Waals surface area contributed by atoms with Crippen molar-refractivity contribution in [1.29, 1.82) is 0 Å². The molecule has 2 aromatic carbocycles. The van der Waals surface area contributed by atoms with Crippen molar-refractivity contribution in [2.45, 2.75) is 19.9 Å². The summed E-state index contributed by atoms with van der Waals surface area (Å²) >= 11 is 0. The van der Waals surface area contributed by atoms with E-state index in [1.807, 2.05) is 0 Å². The molecule has 0 spiro atoms. The van der Waals surface area contributed by atoms with Crippen molar-refractivity contribution >= 4 is 11.6 Å². The Morgan fingerprint density at radius 2 is 1.86 bits per heavy atom. The summed E-state index contributed by atoms with van der Waals surface area (Å²) in [7, 11) is 0. The molecule has 0 bridgehead atoms. The fourth-order valence-electron chi connectivity index (χ4n) is 2.02. The summed E-state index contributed by atoms with van der Waals surface area (Å²) in [5.41, 5.74) is 6.62. The zero-order valence-corrected chi connectivity index (χ0v) is 11.9. The molecule has 0 saturated heterocycles. The van der Waals surface area contributed by atoms with E-state index in [4.69, 9.17) is 10.5 Å². The molecule has 4 nitrogen and oxygen atoms in total. The molecule has 0 aromatic heterocycles. The van der Waals surface area contributed by atoms with Crippen LogP contribution in [0, 0.1) is 5.82 Å². The number of hydrogen-bond donors (Lipinski definition) is 2. The summed E-state index contributed by atoms with van der Waals surface area (Å²) in [4.78, 5) is 11.2. The van der Waals surface area contributed by atoms with Crippen LogP contribution in [-0.4, -0.2) is 5.91 Å². The van der Waals surface area contributed by atoms with Crippen LogP contribution in [0.2, 0.25) is 0 Å². The summed E-state index contributed by atoms with van der Waals surface area (Å²) in [6.07, 6.45) is 0. The lowest BCUT2D eigenvalue weighted by Gasteiger charge is -2.16. The van der Waals surface area contributed by atoms with E-state index >= 15 is 0 Å². The zero-order chi connectivity index (χ0) is 15.4. The van der Waals surface area contributed by atoms with Gasteiger partial charge in [-0.05, 0) is 31.2 Å². The first-order valence-corrected chi connectivity index (χ1v) is 6.57. The topological polar surface area (TPSA) is 64.3 Å². The number of halogens is 1. The van der Waals surface area contributed by atoms with Crippen LogP contribution in [0.5, 0.6) is 11.5 Å². The van der Waals surface area contributed by atoms with Crippen molar-refractivity contribution in [3.05, 3.63) is 53.8 Å². The number of benzene rings is 2. The molecule has 0 aliphatic carbocycles. The molecule has 0 fully saturated rings. The average Bonchev–Trinajstić information content (AvgIpc) is 2.40. The number of amides is 1. The van der Waals surface area contributed by atoms with Gasteiger partial charge in [0, 0.05) is 18.5 Å². The van der Waals surface area contributed by atoms with E-state index in [9.17, 15) is 9.18 Å². The minimum absolute atomic E-state index is 0.210. The quantitative estimate of drug-likeness (QED) is 0.903. The second-order valence-corrected chi connectivity index (χ2v) is 4.72. The van der Waals surface area contributed by atoms with Gasteiger partial charge in [-0.3, -0.25) is 4.79 Å². The van der Waals surface area contributed by atoms with Crippen LogP contribution in [-0.2, 0) is 4.79 Å². The summed E-state index contributed by atoms with van der Waals surface area (Å²) < 4.78 is 19.6. The minimum Gasteiger partial charge on any atom is -0.455 e. The highest BCUT2D eigenvalue weighted by molar-refractivity contribution is 5.90. The third-order valence-corrected chi connectivity index (χ3v) is 2.89. The highest BCUT2D eigenvalue weighted by Crippen LogP contribution is 2.34. The molecule has 3 N–H and O–H groups in total. The number of carbonyl (C=O) groups is 1. The fourth-order valence-corrected chi connectivity index (χ4v) is 2.02. The van der Waals surface area contributed by atoms with Gasteiger partial charge in [0.05, 0.1) is 5.69 Å². The normalized spacial score (nSPS) is 11.8. The van der Waals surface area contributed by atoms with Gasteiger partial charge in [-0.2, -0.15) is 0 Å². The largest absolute Gasteiger partial charge is 0.455 e. The second-order valence-electron chi connectivity index (χ2n) is 4.72. The number of anilines is 1. The van der Waals surface area contributed by atoms with Gasteiger partial charge in [-0.15, -0.1) is 0 Å². The van der Waals surface area contributed by atoms with Gasteiger partial charge in [0.25, 0.3) is 0 Å². The predicted octanol–water partition coefficient (Wildman–Crippen LogP) is 3.60. The number of para-hydroxylation sites is 2. The first-order chi connectivity index (χ1) is 9.99. The average molecular weight is 288 g/mol. The van der Waals surface area contributed by atoms with Crippen LogP contribution in [0.25, 0.3) is 0 Å². The molecule has 1 amide bonds. The Morgan fingerprint density at radius 1 is 1.19 bits per heavy atom. The molecule has 2 rings (SSSR count). The second kappa shape index (κ2) is 6.37. The number of hydrogen-bond acceptors (Lipinski definition) is 3. The van der Waals surface area contributed by atoms with Crippen LogP contribution in [0.3, 0.4) is 0 Å². The lowest BCUT2D eigenvalue weighted by molar-refractivity contribution is -0.114. The van der Waals surface area contributed by atoms with E-state index in [1.165, 1.54) is 13.0 Å². The van der Waals surface area contributed by atoms with Crippen molar-refractivity contribution in [2.24, 2.45) is 5.73 Å². The first kappa shape index (κ1) is 15.0. The molecule has 110 valence electrons. The van der Waals surface area contributed by atoms with E-state index in [2.05, 4.69) is 5.32 Å². The lowest BCUT2D eigenvalue weighted by atomic mass is 10.1. The zero-order valence-electron chi connectivity index (χ0n) is 11.9. The smallest absolute Gasteiger partial charge is 0.221 e. The Bertz CT molecular complexity index is 656. The van der Waals surface area contributed by atoms with Gasteiger partial charge in [0.15, 0.2) is 5.75 Å². The number of nitrogens with two attached hydrogens (primary N) is 1. The van der Waals surface area contributed by atoms with Gasteiger partial charge in [-0.1, -0.05) is 18.2 Å². The molecule has 1 unspecified atom stereocenters. The van der Waals surface area contributed by atoms with Gasteiger partial charge < -0.3 is 15.8 Å². The van der Waals surface area contributed by atoms with Gasteiger partial charge in [-0.25, -0.2) is 4.39 Å². The minimum atomic E-state index is -0.505. The van der Waals surface area contributed by atoms with Crippen molar-refractivity contribution in [2.75, 3.05) is 5.32 Å². The van der Waals surface area contributed by atoms with Gasteiger partial charge >= 0.3 is 0 Å².